The van der Waals surface area contributed by atoms with E-state index in [1.54, 1.807) is 12.1 Å². The van der Waals surface area contributed by atoms with Crippen molar-refractivity contribution in [1.29, 1.82) is 0 Å². The lowest BCUT2D eigenvalue weighted by Crippen LogP contribution is -2.25. The first kappa shape index (κ1) is 20.0. The van der Waals surface area contributed by atoms with Crippen molar-refractivity contribution in [2.45, 2.75) is 53.4 Å². The summed E-state index contributed by atoms with van der Waals surface area (Å²) >= 11 is 0. The fourth-order valence-corrected chi connectivity index (χ4v) is 3.70. The second kappa shape index (κ2) is 7.11. The molecule has 2 nitrogen and oxygen atoms in total. The van der Waals surface area contributed by atoms with Crippen molar-refractivity contribution in [3.8, 4) is 5.75 Å². The van der Waals surface area contributed by atoms with Gasteiger partial charge in [-0.2, -0.15) is 0 Å². The van der Waals surface area contributed by atoms with Crippen LogP contribution in [0.1, 0.15) is 75.0 Å². The van der Waals surface area contributed by atoms with Gasteiger partial charge in [-0.05, 0) is 47.4 Å². The highest BCUT2D eigenvalue weighted by Crippen LogP contribution is 2.40. The molecule has 0 amide bonds. The van der Waals surface area contributed by atoms with E-state index in [0.717, 1.165) is 17.6 Å². The summed E-state index contributed by atoms with van der Waals surface area (Å²) in [6, 6.07) is 12.9. The third kappa shape index (κ3) is 4.43. The molecule has 0 heterocycles. The number of hydrogen-bond acceptors (Lipinski definition) is 2. The van der Waals surface area contributed by atoms with E-state index >= 15 is 0 Å². The average molecular weight is 351 g/mol. The molecule has 0 aromatic heterocycles. The molecule has 0 aliphatic carbocycles. The van der Waals surface area contributed by atoms with Gasteiger partial charge in [-0.15, -0.1) is 0 Å². The second-order valence-electron chi connectivity index (χ2n) is 9.02. The van der Waals surface area contributed by atoms with Crippen molar-refractivity contribution in [2.24, 2.45) is 5.41 Å². The predicted molar refractivity (Wildman–Crippen MR) is 110 cm³/mol. The smallest absolute Gasteiger partial charge is 0.196 e. The number of allylic oxidation sites excluding steroid dienone is 1. The Labute approximate surface area is 157 Å². The zero-order chi connectivity index (χ0) is 19.7. The van der Waals surface area contributed by atoms with Crippen LogP contribution in [0.4, 0.5) is 0 Å². The molecule has 2 aromatic rings. The Kier molecular flexibility index (Phi) is 5.46. The van der Waals surface area contributed by atoms with Crippen LogP contribution in [0.2, 0.25) is 0 Å². The topological polar surface area (TPSA) is 37.3 Å². The molecular weight excluding hydrogens is 320 g/mol. The van der Waals surface area contributed by atoms with E-state index in [4.69, 9.17) is 0 Å². The summed E-state index contributed by atoms with van der Waals surface area (Å²) in [6.07, 6.45) is 0.958. The van der Waals surface area contributed by atoms with Gasteiger partial charge in [0.15, 0.2) is 5.78 Å². The maximum atomic E-state index is 13.0. The third-order valence-electron chi connectivity index (χ3n) is 4.60. The van der Waals surface area contributed by atoms with Crippen LogP contribution in [0, 0.1) is 5.41 Å². The molecule has 0 aliphatic heterocycles. The van der Waals surface area contributed by atoms with Crippen molar-refractivity contribution in [3.63, 3.8) is 0 Å². The van der Waals surface area contributed by atoms with Gasteiger partial charge < -0.3 is 5.11 Å². The van der Waals surface area contributed by atoms with Crippen LogP contribution in [-0.4, -0.2) is 10.9 Å². The number of benzene rings is 2. The number of ketones is 1. The largest absolute Gasteiger partial charge is 0.507 e. The standard InChI is InChI=1S/C24H30O2/c1-16(2)19-13-18(24(6,7)15-23(3,4)5)14-20(22(19)26)21(25)17-11-9-8-10-12-17/h8-14,26H,1,15H2,2-7H3. The highest BCUT2D eigenvalue weighted by Gasteiger charge is 2.30. The van der Waals surface area contributed by atoms with E-state index in [2.05, 4.69) is 41.2 Å². The van der Waals surface area contributed by atoms with Crippen molar-refractivity contribution in [3.05, 3.63) is 71.3 Å². The van der Waals surface area contributed by atoms with Crippen LogP contribution in [0.15, 0.2) is 49.0 Å². The zero-order valence-corrected chi connectivity index (χ0v) is 16.8. The quantitative estimate of drug-likeness (QED) is 0.636. The SMILES string of the molecule is C=C(C)c1cc(C(C)(C)CC(C)(C)C)cc(C(=O)c2ccccc2)c1O. The van der Waals surface area contributed by atoms with Crippen molar-refractivity contribution in [2.75, 3.05) is 0 Å². The lowest BCUT2D eigenvalue weighted by atomic mass is 9.71. The third-order valence-corrected chi connectivity index (χ3v) is 4.60. The first-order valence-electron chi connectivity index (χ1n) is 9.05. The number of phenols is 1. The number of carbonyl (C=O) groups is 1. The molecule has 0 spiro atoms. The second-order valence-corrected chi connectivity index (χ2v) is 9.02. The number of carbonyl (C=O) groups excluding carboxylic acids is 1. The molecule has 1 N–H and O–H groups in total. The summed E-state index contributed by atoms with van der Waals surface area (Å²) in [7, 11) is 0. The Bertz CT molecular complexity index is 821. The monoisotopic (exact) mass is 350 g/mol. The Morgan fingerprint density at radius 2 is 1.54 bits per heavy atom. The van der Waals surface area contributed by atoms with Crippen LogP contribution < -0.4 is 0 Å². The normalized spacial score (nSPS) is 12.1. The summed E-state index contributed by atoms with van der Waals surface area (Å²) in [5, 5.41) is 10.7. The molecule has 0 fully saturated rings. The first-order valence-corrected chi connectivity index (χ1v) is 9.05. The molecule has 2 heteroatoms. The number of phenolic OH excluding ortho intramolecular Hbond substituents is 1. The van der Waals surface area contributed by atoms with E-state index in [0.29, 0.717) is 16.7 Å². The molecule has 138 valence electrons. The minimum absolute atomic E-state index is 0.0154. The van der Waals surface area contributed by atoms with Crippen LogP contribution in [0.3, 0.4) is 0 Å². The molecule has 2 rings (SSSR count). The van der Waals surface area contributed by atoms with Gasteiger partial charge in [-0.3, -0.25) is 4.79 Å². The molecule has 0 aliphatic rings. The molecule has 0 atom stereocenters. The Hall–Kier alpha value is -2.35. The fourth-order valence-electron chi connectivity index (χ4n) is 3.70. The van der Waals surface area contributed by atoms with Gasteiger partial charge in [0.05, 0.1) is 5.56 Å². The number of aromatic hydroxyl groups is 1. The average Bonchev–Trinajstić information content (AvgIpc) is 2.52. The van der Waals surface area contributed by atoms with E-state index < -0.39 is 0 Å². The van der Waals surface area contributed by atoms with Crippen LogP contribution in [0.5, 0.6) is 5.75 Å². The lowest BCUT2D eigenvalue weighted by molar-refractivity contribution is 0.103. The maximum Gasteiger partial charge on any atom is 0.196 e. The van der Waals surface area contributed by atoms with Gasteiger partial charge in [-0.1, -0.05) is 71.5 Å². The summed E-state index contributed by atoms with van der Waals surface area (Å²) in [4.78, 5) is 13.0. The van der Waals surface area contributed by atoms with Crippen molar-refractivity contribution < 1.29 is 9.90 Å². The molecule has 0 bridgehead atoms. The van der Waals surface area contributed by atoms with E-state index in [1.807, 2.05) is 37.3 Å². The number of hydrogen-bond donors (Lipinski definition) is 1. The molecular formula is C24H30O2. The van der Waals surface area contributed by atoms with E-state index in [9.17, 15) is 9.90 Å². The predicted octanol–water partition coefficient (Wildman–Crippen LogP) is 6.37. The van der Waals surface area contributed by atoms with Crippen LogP contribution in [-0.2, 0) is 5.41 Å². The molecule has 0 saturated heterocycles. The zero-order valence-electron chi connectivity index (χ0n) is 16.8. The van der Waals surface area contributed by atoms with Crippen molar-refractivity contribution >= 4 is 11.4 Å². The minimum Gasteiger partial charge on any atom is -0.507 e. The molecule has 0 radical (unpaired) electrons. The molecule has 2 aromatic carbocycles. The Morgan fingerprint density at radius 1 is 1.00 bits per heavy atom. The molecule has 0 unspecified atom stereocenters. The summed E-state index contributed by atoms with van der Waals surface area (Å²) in [5.74, 6) is -0.152. The van der Waals surface area contributed by atoms with E-state index in [-0.39, 0.29) is 22.4 Å². The number of rotatable bonds is 5. The highest BCUT2D eigenvalue weighted by atomic mass is 16.3. The molecule has 26 heavy (non-hydrogen) atoms. The Balaban J connectivity index is 2.64. The van der Waals surface area contributed by atoms with Gasteiger partial charge in [0.1, 0.15) is 5.75 Å². The first-order chi connectivity index (χ1) is 11.9. The highest BCUT2D eigenvalue weighted by molar-refractivity contribution is 6.11. The van der Waals surface area contributed by atoms with Gasteiger partial charge in [0.2, 0.25) is 0 Å². The molecule has 0 saturated carbocycles. The van der Waals surface area contributed by atoms with Crippen molar-refractivity contribution in [1.82, 2.24) is 0 Å². The van der Waals surface area contributed by atoms with E-state index in [1.165, 1.54) is 0 Å². The van der Waals surface area contributed by atoms with Crippen LogP contribution in [0.25, 0.3) is 5.57 Å². The maximum absolute atomic E-state index is 13.0. The summed E-state index contributed by atoms with van der Waals surface area (Å²) in [5.41, 5.74) is 3.36. The minimum atomic E-state index is -0.168. The van der Waals surface area contributed by atoms with Crippen LogP contribution >= 0.6 is 0 Å². The van der Waals surface area contributed by atoms with Gasteiger partial charge in [0.25, 0.3) is 0 Å². The van der Waals surface area contributed by atoms with Gasteiger partial charge >= 0.3 is 0 Å². The van der Waals surface area contributed by atoms with Gasteiger partial charge in [-0.25, -0.2) is 0 Å². The Morgan fingerprint density at radius 3 is 2.04 bits per heavy atom. The van der Waals surface area contributed by atoms with Gasteiger partial charge in [0, 0.05) is 11.1 Å². The fraction of sp³-hybridized carbons (Fsp3) is 0.375. The summed E-state index contributed by atoms with van der Waals surface area (Å²) < 4.78 is 0. The lowest BCUT2D eigenvalue weighted by Gasteiger charge is -2.33. The summed E-state index contributed by atoms with van der Waals surface area (Å²) in [6.45, 7) is 16.8.